The number of nitrogens with zero attached hydrogens (tertiary/aromatic N) is 1. The summed E-state index contributed by atoms with van der Waals surface area (Å²) in [4.78, 5) is 14.5. The van der Waals surface area contributed by atoms with E-state index in [4.69, 9.17) is 0 Å². The van der Waals surface area contributed by atoms with Crippen molar-refractivity contribution in [3.63, 3.8) is 0 Å². The quantitative estimate of drug-likeness (QED) is 0.907. The van der Waals surface area contributed by atoms with Crippen molar-refractivity contribution >= 4 is 30.1 Å². The zero-order chi connectivity index (χ0) is 13.2. The largest absolute Gasteiger partial charge is 0.341 e. The topological polar surface area (TPSA) is 32.3 Å². The molecule has 0 spiro atoms. The number of thioether (sulfide) groups is 1. The number of nitrogens with one attached hydrogen (secondary N) is 1. The summed E-state index contributed by atoms with van der Waals surface area (Å²) in [6.45, 7) is 0.805. The number of hydrogen-bond acceptors (Lipinski definition) is 3. The van der Waals surface area contributed by atoms with Gasteiger partial charge in [-0.25, -0.2) is 0 Å². The zero-order valence-corrected chi connectivity index (χ0v) is 13.3. The maximum absolute atomic E-state index is 12.5. The minimum Gasteiger partial charge on any atom is -0.341 e. The third-order valence-corrected chi connectivity index (χ3v) is 5.33. The van der Waals surface area contributed by atoms with Crippen LogP contribution < -0.4 is 5.32 Å². The van der Waals surface area contributed by atoms with Gasteiger partial charge in [-0.15, -0.1) is 12.4 Å². The standard InChI is InChI=1S/C15H20N2OS.ClH/c1-17(13-6-7-19-10-13)15(18)14-8-11-4-2-3-5-12(11)9-16-14;/h2-5,13-14,16H,6-10H2,1H3;1H. The molecule has 20 heavy (non-hydrogen) atoms. The second-order valence-electron chi connectivity index (χ2n) is 5.37. The Morgan fingerprint density at radius 3 is 2.80 bits per heavy atom. The molecule has 3 rings (SSSR count). The van der Waals surface area contributed by atoms with Gasteiger partial charge in [0, 0.05) is 25.4 Å². The number of fused-ring (bicyclic) bond motifs is 1. The Kier molecular flexibility index (Phi) is 5.35. The van der Waals surface area contributed by atoms with E-state index in [0.29, 0.717) is 6.04 Å². The lowest BCUT2D eigenvalue weighted by Gasteiger charge is -2.31. The third kappa shape index (κ3) is 3.13. The normalized spacial score (nSPS) is 24.6. The molecule has 0 bridgehead atoms. The van der Waals surface area contributed by atoms with Gasteiger partial charge in [-0.1, -0.05) is 24.3 Å². The van der Waals surface area contributed by atoms with Crippen LogP contribution >= 0.6 is 24.2 Å². The molecule has 0 aromatic heterocycles. The minimum atomic E-state index is -0.0505. The first kappa shape index (κ1) is 15.7. The van der Waals surface area contributed by atoms with Gasteiger partial charge < -0.3 is 10.2 Å². The Balaban J connectivity index is 0.00000147. The first-order valence-electron chi connectivity index (χ1n) is 6.90. The Morgan fingerprint density at radius 2 is 2.10 bits per heavy atom. The first-order valence-corrected chi connectivity index (χ1v) is 8.06. The molecule has 1 aromatic rings. The molecule has 110 valence electrons. The number of hydrogen-bond donors (Lipinski definition) is 1. The molecule has 2 unspecified atom stereocenters. The van der Waals surface area contributed by atoms with Gasteiger partial charge in [0.25, 0.3) is 0 Å². The summed E-state index contributed by atoms with van der Waals surface area (Å²) in [5.74, 6) is 2.52. The monoisotopic (exact) mass is 312 g/mol. The van der Waals surface area contributed by atoms with Crippen molar-refractivity contribution < 1.29 is 4.79 Å². The first-order chi connectivity index (χ1) is 9.25. The van der Waals surface area contributed by atoms with Crippen molar-refractivity contribution in [3.8, 4) is 0 Å². The second kappa shape index (κ2) is 6.83. The van der Waals surface area contributed by atoms with Crippen molar-refractivity contribution in [3.05, 3.63) is 35.4 Å². The molecule has 0 radical (unpaired) electrons. The van der Waals surface area contributed by atoms with E-state index in [1.807, 2.05) is 23.7 Å². The van der Waals surface area contributed by atoms with Crippen LogP contribution in [0.4, 0.5) is 0 Å². The van der Waals surface area contributed by atoms with E-state index in [1.165, 1.54) is 16.9 Å². The summed E-state index contributed by atoms with van der Waals surface area (Å²) in [5.41, 5.74) is 2.64. The Bertz CT molecular complexity index is 477. The second-order valence-corrected chi connectivity index (χ2v) is 6.52. The van der Waals surface area contributed by atoms with Crippen molar-refractivity contribution in [1.82, 2.24) is 10.2 Å². The molecule has 2 heterocycles. The number of benzene rings is 1. The number of rotatable bonds is 2. The van der Waals surface area contributed by atoms with Gasteiger partial charge in [0.2, 0.25) is 5.91 Å². The summed E-state index contributed by atoms with van der Waals surface area (Å²) in [7, 11) is 1.96. The van der Waals surface area contributed by atoms with Crippen LogP contribution in [-0.4, -0.2) is 41.4 Å². The lowest BCUT2D eigenvalue weighted by molar-refractivity contribution is -0.134. The van der Waals surface area contributed by atoms with Gasteiger partial charge in [-0.2, -0.15) is 11.8 Å². The molecule has 1 N–H and O–H groups in total. The summed E-state index contributed by atoms with van der Waals surface area (Å²) < 4.78 is 0. The molecule has 1 fully saturated rings. The zero-order valence-electron chi connectivity index (χ0n) is 11.7. The molecule has 0 saturated carbocycles. The molecule has 2 aliphatic heterocycles. The fourth-order valence-electron chi connectivity index (χ4n) is 2.88. The minimum absolute atomic E-state index is 0. The van der Waals surface area contributed by atoms with E-state index in [-0.39, 0.29) is 24.4 Å². The molecular formula is C15H21ClN2OS. The third-order valence-electron chi connectivity index (χ3n) is 4.18. The lowest BCUT2D eigenvalue weighted by atomic mass is 9.95. The fourth-order valence-corrected chi connectivity index (χ4v) is 4.15. The maximum Gasteiger partial charge on any atom is 0.240 e. The van der Waals surface area contributed by atoms with Crippen LogP contribution in [-0.2, 0) is 17.8 Å². The van der Waals surface area contributed by atoms with Crippen molar-refractivity contribution in [1.29, 1.82) is 0 Å². The van der Waals surface area contributed by atoms with E-state index in [2.05, 4.69) is 29.6 Å². The van der Waals surface area contributed by atoms with Crippen LogP contribution in [0, 0.1) is 0 Å². The van der Waals surface area contributed by atoms with E-state index in [1.54, 1.807) is 0 Å². The van der Waals surface area contributed by atoms with Gasteiger partial charge in [-0.3, -0.25) is 4.79 Å². The van der Waals surface area contributed by atoms with Crippen LogP contribution in [0.15, 0.2) is 24.3 Å². The van der Waals surface area contributed by atoms with Crippen molar-refractivity contribution in [2.75, 3.05) is 18.6 Å². The predicted octanol–water partition coefficient (Wildman–Crippen LogP) is 2.09. The summed E-state index contributed by atoms with van der Waals surface area (Å²) in [6.07, 6.45) is 1.95. The highest BCUT2D eigenvalue weighted by Gasteiger charge is 2.30. The molecule has 3 nitrogen and oxygen atoms in total. The average molecular weight is 313 g/mol. The van der Waals surface area contributed by atoms with Crippen molar-refractivity contribution in [2.45, 2.75) is 31.5 Å². The predicted molar refractivity (Wildman–Crippen MR) is 86.5 cm³/mol. The highest BCUT2D eigenvalue weighted by atomic mass is 35.5. The SMILES string of the molecule is CN(C(=O)C1Cc2ccccc2CN1)C1CCSC1.Cl. The molecule has 2 aliphatic rings. The van der Waals surface area contributed by atoms with E-state index < -0.39 is 0 Å². The van der Waals surface area contributed by atoms with Crippen LogP contribution in [0.2, 0.25) is 0 Å². The summed E-state index contributed by atoms with van der Waals surface area (Å²) >= 11 is 1.95. The molecule has 5 heteroatoms. The molecule has 2 atom stereocenters. The number of likely N-dealkylation sites (N-methyl/N-ethyl adjacent to an activating group) is 1. The van der Waals surface area contributed by atoms with Crippen LogP contribution in [0.3, 0.4) is 0 Å². The van der Waals surface area contributed by atoms with E-state index in [9.17, 15) is 4.79 Å². The molecule has 1 amide bonds. The van der Waals surface area contributed by atoms with Gasteiger partial charge in [0.1, 0.15) is 0 Å². The number of halogens is 1. The van der Waals surface area contributed by atoms with E-state index in [0.717, 1.165) is 25.1 Å². The Labute approximate surface area is 130 Å². The number of carbonyl (C=O) groups is 1. The molecule has 1 aromatic carbocycles. The van der Waals surface area contributed by atoms with E-state index >= 15 is 0 Å². The Morgan fingerprint density at radius 1 is 1.35 bits per heavy atom. The highest BCUT2D eigenvalue weighted by Crippen LogP contribution is 2.23. The fraction of sp³-hybridized carbons (Fsp3) is 0.533. The smallest absolute Gasteiger partial charge is 0.240 e. The number of amides is 1. The Hall–Kier alpha value is -0.710. The highest BCUT2D eigenvalue weighted by molar-refractivity contribution is 7.99. The molecule has 0 aliphatic carbocycles. The van der Waals surface area contributed by atoms with Crippen molar-refractivity contribution in [2.24, 2.45) is 0 Å². The maximum atomic E-state index is 12.5. The molecular weight excluding hydrogens is 292 g/mol. The van der Waals surface area contributed by atoms with Gasteiger partial charge in [0.15, 0.2) is 0 Å². The van der Waals surface area contributed by atoms with Gasteiger partial charge in [0.05, 0.1) is 6.04 Å². The average Bonchev–Trinajstić information content (AvgIpc) is 2.99. The molecule has 1 saturated heterocycles. The van der Waals surface area contributed by atoms with Gasteiger partial charge in [-0.05, 0) is 29.7 Å². The summed E-state index contributed by atoms with van der Waals surface area (Å²) in [6, 6.07) is 8.78. The number of carbonyl (C=O) groups excluding carboxylic acids is 1. The van der Waals surface area contributed by atoms with Crippen LogP contribution in [0.1, 0.15) is 17.5 Å². The van der Waals surface area contributed by atoms with Gasteiger partial charge >= 0.3 is 0 Å². The van der Waals surface area contributed by atoms with Crippen LogP contribution in [0.5, 0.6) is 0 Å². The lowest BCUT2D eigenvalue weighted by Crippen LogP contribution is -2.51. The van der Waals surface area contributed by atoms with Crippen LogP contribution in [0.25, 0.3) is 0 Å². The summed E-state index contributed by atoms with van der Waals surface area (Å²) in [5, 5.41) is 3.38.